The Morgan fingerprint density at radius 2 is 2.11 bits per heavy atom. The van der Waals surface area contributed by atoms with E-state index in [0.717, 1.165) is 42.5 Å². The normalized spacial score (nSPS) is 20.4. The van der Waals surface area contributed by atoms with Gasteiger partial charge in [-0.3, -0.25) is 4.99 Å². The molecule has 1 N–H and O–H groups in total. The number of rotatable bonds is 6. The molecule has 2 aromatic rings. The van der Waals surface area contributed by atoms with Gasteiger partial charge in [-0.25, -0.2) is 9.37 Å². The van der Waals surface area contributed by atoms with Gasteiger partial charge in [0.2, 0.25) is 0 Å². The summed E-state index contributed by atoms with van der Waals surface area (Å²) in [5.74, 6) is 0.671. The van der Waals surface area contributed by atoms with Crippen molar-refractivity contribution in [2.45, 2.75) is 45.8 Å². The van der Waals surface area contributed by atoms with Crippen LogP contribution in [0, 0.1) is 5.82 Å². The van der Waals surface area contributed by atoms with E-state index in [1.807, 2.05) is 6.20 Å². The van der Waals surface area contributed by atoms with Crippen LogP contribution in [0.3, 0.4) is 0 Å². The number of halogens is 1. The van der Waals surface area contributed by atoms with Crippen molar-refractivity contribution in [1.29, 1.82) is 0 Å². The maximum atomic E-state index is 13.3. The van der Waals surface area contributed by atoms with Gasteiger partial charge in [-0.2, -0.15) is 0 Å². The van der Waals surface area contributed by atoms with Crippen molar-refractivity contribution in [3.8, 4) is 0 Å². The number of guanidine groups is 1. The molecule has 0 aliphatic carbocycles. The standard InChI is InChI=1S/C21H29FN4OS/c1-4-18-12-25-20(28-18)10-11-24-21(23-5-2)26-13-15(3)27-19(14-26)16-6-8-17(22)9-7-16/h6-9,12,15,19H,4-5,10-11,13-14H2,1-3H3,(H,23,24). The number of aliphatic imine (C=N–C) groups is 1. The van der Waals surface area contributed by atoms with Gasteiger partial charge < -0.3 is 15.0 Å². The Morgan fingerprint density at radius 3 is 2.79 bits per heavy atom. The highest BCUT2D eigenvalue weighted by molar-refractivity contribution is 7.11. The van der Waals surface area contributed by atoms with Gasteiger partial charge in [0, 0.05) is 37.1 Å². The van der Waals surface area contributed by atoms with Gasteiger partial charge in [-0.05, 0) is 38.0 Å². The van der Waals surface area contributed by atoms with Crippen LogP contribution in [0.25, 0.3) is 0 Å². The molecule has 7 heteroatoms. The minimum absolute atomic E-state index is 0.0683. The number of nitrogens with one attached hydrogen (secondary N) is 1. The molecule has 1 saturated heterocycles. The van der Waals surface area contributed by atoms with Crippen molar-refractivity contribution < 1.29 is 9.13 Å². The molecule has 0 saturated carbocycles. The number of aromatic nitrogens is 1. The number of hydrogen-bond acceptors (Lipinski definition) is 4. The predicted octanol–water partition coefficient (Wildman–Crippen LogP) is 3.81. The van der Waals surface area contributed by atoms with Crippen LogP contribution >= 0.6 is 11.3 Å². The van der Waals surface area contributed by atoms with Crippen LogP contribution in [0.4, 0.5) is 4.39 Å². The molecular formula is C21H29FN4OS. The monoisotopic (exact) mass is 404 g/mol. The zero-order valence-corrected chi connectivity index (χ0v) is 17.6. The minimum atomic E-state index is -0.229. The zero-order chi connectivity index (χ0) is 19.9. The molecule has 0 radical (unpaired) electrons. The third kappa shape index (κ3) is 5.52. The van der Waals surface area contributed by atoms with Crippen LogP contribution in [-0.4, -0.2) is 48.1 Å². The molecule has 2 atom stereocenters. The van der Waals surface area contributed by atoms with Gasteiger partial charge >= 0.3 is 0 Å². The first-order chi connectivity index (χ1) is 13.6. The molecular weight excluding hydrogens is 375 g/mol. The summed E-state index contributed by atoms with van der Waals surface area (Å²) in [6.07, 6.45) is 3.81. The van der Waals surface area contributed by atoms with Gasteiger partial charge in [0.25, 0.3) is 0 Å². The molecule has 1 aliphatic rings. The van der Waals surface area contributed by atoms with Crippen LogP contribution < -0.4 is 5.32 Å². The summed E-state index contributed by atoms with van der Waals surface area (Å²) >= 11 is 1.77. The first kappa shape index (κ1) is 20.7. The number of nitrogens with zero attached hydrogens (tertiary/aromatic N) is 3. The summed E-state index contributed by atoms with van der Waals surface area (Å²) in [7, 11) is 0. The second kappa shape index (κ2) is 9.98. The molecule has 0 amide bonds. The third-order valence-electron chi connectivity index (χ3n) is 4.67. The van der Waals surface area contributed by atoms with Gasteiger partial charge in [-0.15, -0.1) is 11.3 Å². The average molecular weight is 405 g/mol. The topological polar surface area (TPSA) is 49.8 Å². The molecule has 2 heterocycles. The van der Waals surface area contributed by atoms with E-state index in [0.29, 0.717) is 13.1 Å². The van der Waals surface area contributed by atoms with Crippen molar-refractivity contribution in [3.05, 3.63) is 51.7 Å². The van der Waals surface area contributed by atoms with Crippen molar-refractivity contribution in [3.63, 3.8) is 0 Å². The number of ether oxygens (including phenoxy) is 1. The number of hydrogen-bond donors (Lipinski definition) is 1. The molecule has 152 valence electrons. The minimum Gasteiger partial charge on any atom is -0.367 e. The highest BCUT2D eigenvalue weighted by Gasteiger charge is 2.28. The first-order valence-corrected chi connectivity index (χ1v) is 10.8. The second-order valence-electron chi connectivity index (χ2n) is 6.95. The molecule has 1 aromatic heterocycles. The fourth-order valence-electron chi connectivity index (χ4n) is 3.30. The summed E-state index contributed by atoms with van der Waals surface area (Å²) in [5, 5.41) is 4.54. The van der Waals surface area contributed by atoms with Gasteiger partial charge in [0.15, 0.2) is 5.96 Å². The summed E-state index contributed by atoms with van der Waals surface area (Å²) in [5.41, 5.74) is 0.990. The largest absolute Gasteiger partial charge is 0.367 e. The molecule has 3 rings (SSSR count). The fourth-order valence-corrected chi connectivity index (χ4v) is 4.15. The first-order valence-electron chi connectivity index (χ1n) is 9.96. The SMILES string of the molecule is CCNC(=NCCc1ncc(CC)s1)N1CC(C)OC(c2ccc(F)cc2)C1. The van der Waals surface area contributed by atoms with Crippen LogP contribution in [0.1, 0.15) is 42.3 Å². The molecule has 2 unspecified atom stereocenters. The lowest BCUT2D eigenvalue weighted by molar-refractivity contribution is -0.0605. The van der Waals surface area contributed by atoms with E-state index in [2.05, 4.69) is 36.0 Å². The lowest BCUT2D eigenvalue weighted by atomic mass is 10.1. The van der Waals surface area contributed by atoms with E-state index in [9.17, 15) is 4.39 Å². The van der Waals surface area contributed by atoms with E-state index in [1.165, 1.54) is 17.0 Å². The van der Waals surface area contributed by atoms with E-state index in [1.54, 1.807) is 23.5 Å². The number of thiazole rings is 1. The van der Waals surface area contributed by atoms with Crippen LogP contribution in [-0.2, 0) is 17.6 Å². The summed E-state index contributed by atoms with van der Waals surface area (Å²) in [6, 6.07) is 6.57. The Morgan fingerprint density at radius 1 is 1.32 bits per heavy atom. The van der Waals surface area contributed by atoms with Gasteiger partial charge in [-0.1, -0.05) is 19.1 Å². The number of benzene rings is 1. The molecule has 1 aliphatic heterocycles. The summed E-state index contributed by atoms with van der Waals surface area (Å²) in [4.78, 5) is 12.9. The second-order valence-corrected chi connectivity index (χ2v) is 8.15. The van der Waals surface area contributed by atoms with Crippen LogP contribution in [0.5, 0.6) is 0 Å². The van der Waals surface area contributed by atoms with Crippen molar-refractivity contribution in [1.82, 2.24) is 15.2 Å². The quantitative estimate of drug-likeness (QED) is 0.587. The van der Waals surface area contributed by atoms with E-state index in [4.69, 9.17) is 9.73 Å². The highest BCUT2D eigenvalue weighted by atomic mass is 32.1. The number of aryl methyl sites for hydroxylation is 1. The Labute approximate surface area is 170 Å². The Balaban J connectivity index is 1.67. The highest BCUT2D eigenvalue weighted by Crippen LogP contribution is 2.25. The third-order valence-corrected chi connectivity index (χ3v) is 5.88. The lowest BCUT2D eigenvalue weighted by Gasteiger charge is -2.38. The molecule has 1 aromatic carbocycles. The Hall–Kier alpha value is -1.99. The fraction of sp³-hybridized carbons (Fsp3) is 0.524. The lowest BCUT2D eigenvalue weighted by Crippen LogP contribution is -2.50. The van der Waals surface area contributed by atoms with E-state index < -0.39 is 0 Å². The van der Waals surface area contributed by atoms with Crippen molar-refractivity contribution in [2.24, 2.45) is 4.99 Å². The summed E-state index contributed by atoms with van der Waals surface area (Å²) < 4.78 is 19.4. The van der Waals surface area contributed by atoms with Gasteiger partial charge in [0.05, 0.1) is 17.7 Å². The molecule has 28 heavy (non-hydrogen) atoms. The van der Waals surface area contributed by atoms with Crippen molar-refractivity contribution in [2.75, 3.05) is 26.2 Å². The maximum absolute atomic E-state index is 13.3. The van der Waals surface area contributed by atoms with Crippen LogP contribution in [0.15, 0.2) is 35.5 Å². The van der Waals surface area contributed by atoms with Gasteiger partial charge in [0.1, 0.15) is 11.9 Å². The number of morpholine rings is 1. The molecule has 5 nitrogen and oxygen atoms in total. The zero-order valence-electron chi connectivity index (χ0n) is 16.8. The summed E-state index contributed by atoms with van der Waals surface area (Å²) in [6.45, 7) is 9.27. The van der Waals surface area contributed by atoms with Crippen LogP contribution in [0.2, 0.25) is 0 Å². The van der Waals surface area contributed by atoms with Crippen molar-refractivity contribution >= 4 is 17.3 Å². The molecule has 0 spiro atoms. The molecule has 0 bridgehead atoms. The van der Waals surface area contributed by atoms with E-state index in [-0.39, 0.29) is 18.0 Å². The molecule has 1 fully saturated rings. The predicted molar refractivity (Wildman–Crippen MR) is 112 cm³/mol. The van der Waals surface area contributed by atoms with E-state index >= 15 is 0 Å². The average Bonchev–Trinajstić information content (AvgIpc) is 3.15. The Kier molecular flexibility index (Phi) is 7.39. The maximum Gasteiger partial charge on any atom is 0.194 e. The smallest absolute Gasteiger partial charge is 0.194 e. The Bertz CT molecular complexity index is 777.